The average Bonchev–Trinajstić information content (AvgIpc) is 3.89. The first-order valence-corrected chi connectivity index (χ1v) is 19.3. The summed E-state index contributed by atoms with van der Waals surface area (Å²) in [4.78, 5) is 4.32. The molecule has 0 amide bonds. The summed E-state index contributed by atoms with van der Waals surface area (Å²) in [5, 5.41) is 1.21. The maximum Gasteiger partial charge on any atom is 0.0704 e. The van der Waals surface area contributed by atoms with Crippen LogP contribution in [-0.4, -0.2) is 4.98 Å². The summed E-state index contributed by atoms with van der Waals surface area (Å²) in [7, 11) is 0. The van der Waals surface area contributed by atoms with E-state index < -0.39 is 0 Å². The van der Waals surface area contributed by atoms with Crippen molar-refractivity contribution in [2.24, 2.45) is 0 Å². The molecule has 258 valence electrons. The van der Waals surface area contributed by atoms with E-state index >= 15 is 0 Å². The van der Waals surface area contributed by atoms with E-state index in [0.29, 0.717) is 23.7 Å². The number of rotatable bonds is 4. The number of hydrogen-bond donors (Lipinski definition) is 0. The van der Waals surface area contributed by atoms with Crippen LogP contribution in [-0.2, 0) is 38.5 Å². The first-order valence-electron chi connectivity index (χ1n) is 19.3. The Morgan fingerprint density at radius 3 is 1.51 bits per heavy atom. The summed E-state index contributed by atoms with van der Waals surface area (Å²) in [6.45, 7) is 18.0. The number of hydrogen-bond acceptors (Lipinski definition) is 1. The van der Waals surface area contributed by atoms with Crippen LogP contribution in [0, 0.1) is 0 Å². The molecular formula is C48H61N. The Morgan fingerprint density at radius 1 is 0.429 bits per heavy atom. The van der Waals surface area contributed by atoms with Crippen molar-refractivity contribution in [2.45, 2.75) is 137 Å². The first kappa shape index (κ1) is 36.6. The normalized spacial score (nSPS) is 14.1. The van der Waals surface area contributed by atoms with Gasteiger partial charge in [-0.2, -0.15) is 0 Å². The van der Waals surface area contributed by atoms with Crippen molar-refractivity contribution in [3.63, 3.8) is 0 Å². The molecule has 0 unspecified atom stereocenters. The predicted octanol–water partition coefficient (Wildman–Crippen LogP) is 13.3. The molecule has 0 radical (unpaired) electrons. The molecule has 49 heavy (non-hydrogen) atoms. The summed E-state index contributed by atoms with van der Waals surface area (Å²) >= 11 is 0. The minimum Gasteiger partial charge on any atom is -0.256 e. The average molecular weight is 652 g/mol. The lowest BCUT2D eigenvalue weighted by Gasteiger charge is -2.10. The highest BCUT2D eigenvalue weighted by molar-refractivity contribution is 5.79. The molecule has 0 N–H and O–H groups in total. The van der Waals surface area contributed by atoms with Gasteiger partial charge in [0, 0.05) is 11.6 Å². The van der Waals surface area contributed by atoms with E-state index in [9.17, 15) is 0 Å². The van der Waals surface area contributed by atoms with E-state index in [1.54, 1.807) is 38.9 Å². The zero-order valence-corrected chi connectivity index (χ0v) is 31.8. The van der Waals surface area contributed by atoms with Crippen molar-refractivity contribution >= 4 is 10.9 Å². The fourth-order valence-electron chi connectivity index (χ4n) is 7.53. The lowest BCUT2D eigenvalue weighted by Crippen LogP contribution is -1.94. The van der Waals surface area contributed by atoms with Gasteiger partial charge in [-0.05, 0) is 149 Å². The Hall–Kier alpha value is -3.71. The van der Waals surface area contributed by atoms with Crippen LogP contribution in [0.3, 0.4) is 0 Å². The SMILES string of the molecule is CC(C)c1ccc2c(c1)CCC2.CC(C)c1ccc2c(c1)CCC2.CC(C)c1ccc2cccnc2c1.CC(C)c1cccc2c1CCC2. The third-order valence-electron chi connectivity index (χ3n) is 10.7. The molecule has 0 bridgehead atoms. The molecular weight excluding hydrogens is 591 g/mol. The van der Waals surface area contributed by atoms with Crippen LogP contribution in [0.4, 0.5) is 0 Å². The molecule has 5 aromatic rings. The molecule has 0 atom stereocenters. The fraction of sp³-hybridized carbons (Fsp3) is 0.438. The van der Waals surface area contributed by atoms with Crippen molar-refractivity contribution < 1.29 is 0 Å². The van der Waals surface area contributed by atoms with Gasteiger partial charge in [-0.3, -0.25) is 4.98 Å². The zero-order chi connectivity index (χ0) is 34.9. The van der Waals surface area contributed by atoms with Crippen LogP contribution in [0.15, 0.2) is 91.1 Å². The van der Waals surface area contributed by atoms with Crippen molar-refractivity contribution in [3.8, 4) is 0 Å². The number of fused-ring (bicyclic) bond motifs is 4. The van der Waals surface area contributed by atoms with Crippen LogP contribution in [0.1, 0.15) is 154 Å². The smallest absolute Gasteiger partial charge is 0.0704 e. The van der Waals surface area contributed by atoms with Gasteiger partial charge < -0.3 is 0 Å². The van der Waals surface area contributed by atoms with E-state index in [1.807, 2.05) is 12.3 Å². The molecule has 0 fully saturated rings. The Labute approximate surface area is 298 Å². The maximum atomic E-state index is 4.32. The van der Waals surface area contributed by atoms with Crippen molar-refractivity contribution in [1.29, 1.82) is 0 Å². The standard InChI is InChI=1S/C12H13N.3C12H16/c1-9(2)11-6-5-10-4-3-7-13-12(10)8-11;1-9(2)11-7-3-5-10-6-4-8-12(10)11;2*1-9(2)11-7-6-10-4-3-5-12(10)8-11/h3-9H,1-2H3;3,5,7,9H,4,6,8H2,1-2H3;2*6-9H,3-5H2,1-2H3. The molecule has 1 aromatic heterocycles. The second kappa shape index (κ2) is 17.3. The van der Waals surface area contributed by atoms with E-state index in [4.69, 9.17) is 0 Å². The molecule has 8 rings (SSSR count). The molecule has 4 aromatic carbocycles. The number of aryl methyl sites for hydroxylation is 5. The van der Waals surface area contributed by atoms with Gasteiger partial charge in [0.05, 0.1) is 5.52 Å². The number of benzene rings is 4. The zero-order valence-electron chi connectivity index (χ0n) is 31.8. The Bertz CT molecular complexity index is 1740. The van der Waals surface area contributed by atoms with Gasteiger partial charge in [-0.25, -0.2) is 0 Å². The summed E-state index contributed by atoms with van der Waals surface area (Å²) in [5.74, 6) is 2.62. The lowest BCUT2D eigenvalue weighted by molar-refractivity contribution is 0.838. The molecule has 0 spiro atoms. The molecule has 3 aliphatic rings. The highest BCUT2D eigenvalue weighted by Gasteiger charge is 2.15. The van der Waals surface area contributed by atoms with Gasteiger partial charge in [0.15, 0.2) is 0 Å². The van der Waals surface area contributed by atoms with Crippen LogP contribution in [0.25, 0.3) is 10.9 Å². The van der Waals surface area contributed by atoms with Crippen molar-refractivity contribution in [2.75, 3.05) is 0 Å². The van der Waals surface area contributed by atoms with E-state index in [0.717, 1.165) is 5.52 Å². The second-order valence-electron chi connectivity index (χ2n) is 15.7. The summed E-state index contributed by atoms with van der Waals surface area (Å²) < 4.78 is 0. The van der Waals surface area contributed by atoms with Gasteiger partial charge >= 0.3 is 0 Å². The third kappa shape index (κ3) is 9.72. The molecule has 0 aliphatic heterocycles. The minimum absolute atomic E-state index is 0.575. The fourth-order valence-corrected chi connectivity index (χ4v) is 7.53. The predicted molar refractivity (Wildman–Crippen MR) is 213 cm³/mol. The Kier molecular flexibility index (Phi) is 12.9. The molecule has 1 heteroatoms. The van der Waals surface area contributed by atoms with Crippen molar-refractivity contribution in [3.05, 3.63) is 147 Å². The molecule has 1 heterocycles. The monoisotopic (exact) mass is 651 g/mol. The summed E-state index contributed by atoms with van der Waals surface area (Å²) in [5.41, 5.74) is 16.6. The molecule has 1 nitrogen and oxygen atoms in total. The van der Waals surface area contributed by atoms with Gasteiger partial charge in [-0.1, -0.05) is 128 Å². The highest BCUT2D eigenvalue weighted by Crippen LogP contribution is 2.30. The van der Waals surface area contributed by atoms with Crippen LogP contribution in [0.2, 0.25) is 0 Å². The first-order chi connectivity index (χ1) is 23.6. The topological polar surface area (TPSA) is 12.9 Å². The van der Waals surface area contributed by atoms with Gasteiger partial charge in [0.25, 0.3) is 0 Å². The summed E-state index contributed by atoms with van der Waals surface area (Å²) in [6, 6.07) is 31.3. The number of nitrogens with zero attached hydrogens (tertiary/aromatic N) is 1. The molecule has 3 aliphatic carbocycles. The van der Waals surface area contributed by atoms with Gasteiger partial charge in [0.2, 0.25) is 0 Å². The van der Waals surface area contributed by atoms with Crippen molar-refractivity contribution in [1.82, 2.24) is 4.98 Å². The van der Waals surface area contributed by atoms with Crippen LogP contribution < -0.4 is 0 Å². The van der Waals surface area contributed by atoms with Crippen LogP contribution in [0.5, 0.6) is 0 Å². The lowest BCUT2D eigenvalue weighted by atomic mass is 9.95. The quantitative estimate of drug-likeness (QED) is 0.188. The van der Waals surface area contributed by atoms with E-state index in [1.165, 1.54) is 79.9 Å². The van der Waals surface area contributed by atoms with Gasteiger partial charge in [0.1, 0.15) is 0 Å². The Morgan fingerprint density at radius 2 is 0.939 bits per heavy atom. The van der Waals surface area contributed by atoms with Gasteiger partial charge in [-0.15, -0.1) is 0 Å². The highest BCUT2D eigenvalue weighted by atomic mass is 14.6. The molecule has 0 saturated carbocycles. The van der Waals surface area contributed by atoms with E-state index in [2.05, 4.69) is 139 Å². The second-order valence-corrected chi connectivity index (χ2v) is 15.7. The van der Waals surface area contributed by atoms with Crippen LogP contribution >= 0.6 is 0 Å². The number of pyridine rings is 1. The minimum atomic E-state index is 0.575. The third-order valence-corrected chi connectivity index (χ3v) is 10.7. The Balaban J connectivity index is 0.000000127. The number of aromatic nitrogens is 1. The summed E-state index contributed by atoms with van der Waals surface area (Å²) in [6.07, 6.45) is 13.7. The molecule has 0 saturated heterocycles. The maximum absolute atomic E-state index is 4.32. The largest absolute Gasteiger partial charge is 0.256 e. The van der Waals surface area contributed by atoms with E-state index in [-0.39, 0.29) is 0 Å².